The van der Waals surface area contributed by atoms with Crippen LogP contribution >= 0.6 is 11.6 Å². The minimum atomic E-state index is 0.115. The lowest BCUT2D eigenvalue weighted by Crippen LogP contribution is -2.27. The average molecular weight is 253 g/mol. The summed E-state index contributed by atoms with van der Waals surface area (Å²) in [7, 11) is 0. The quantitative estimate of drug-likeness (QED) is 0.846. The van der Waals surface area contributed by atoms with Gasteiger partial charge < -0.3 is 10.6 Å². The molecule has 92 valence electrons. The van der Waals surface area contributed by atoms with E-state index in [0.717, 1.165) is 24.1 Å². The molecule has 1 aliphatic rings. The molecular weight excluding hydrogens is 236 g/mol. The number of anilines is 1. The minimum Gasteiger partial charge on any atom is -0.383 e. The predicted octanol–water partition coefficient (Wildman–Crippen LogP) is 2.73. The van der Waals surface area contributed by atoms with Crippen LogP contribution in [-0.4, -0.2) is 18.5 Å². The summed E-state index contributed by atoms with van der Waals surface area (Å²) in [6.07, 6.45) is 2.74. The monoisotopic (exact) mass is 252 g/mol. The minimum absolute atomic E-state index is 0.115. The topological polar surface area (TPSA) is 41.1 Å². The molecule has 1 aromatic carbocycles. The van der Waals surface area contributed by atoms with Crippen LogP contribution in [0.15, 0.2) is 18.2 Å². The summed E-state index contributed by atoms with van der Waals surface area (Å²) < 4.78 is 0. The van der Waals surface area contributed by atoms with Crippen molar-refractivity contribution in [1.82, 2.24) is 5.32 Å². The van der Waals surface area contributed by atoms with Crippen LogP contribution in [0.1, 0.15) is 24.8 Å². The molecule has 0 bridgehead atoms. The number of carbonyl (C=O) groups excluding carboxylic acids is 1. The maximum absolute atomic E-state index is 11.5. The maximum Gasteiger partial charge on any atom is 0.221 e. The highest BCUT2D eigenvalue weighted by Gasteiger charge is 2.22. The summed E-state index contributed by atoms with van der Waals surface area (Å²) in [6, 6.07) is 6.25. The second-order valence-corrected chi connectivity index (χ2v) is 4.91. The standard InChI is InChI=1S/C13H17ClN2O/c1-9-2-5-11(14)12(8-9)15-7-6-13(17)16-10-3-4-10/h2,5,8,10,15H,3-4,6-7H2,1H3,(H,16,17). The van der Waals surface area contributed by atoms with Crippen LogP contribution in [0.25, 0.3) is 0 Å². The van der Waals surface area contributed by atoms with Gasteiger partial charge in [0.15, 0.2) is 0 Å². The van der Waals surface area contributed by atoms with Crippen molar-refractivity contribution in [3.63, 3.8) is 0 Å². The molecule has 1 aliphatic carbocycles. The van der Waals surface area contributed by atoms with Crippen LogP contribution < -0.4 is 10.6 Å². The van der Waals surface area contributed by atoms with Crippen molar-refractivity contribution in [3.8, 4) is 0 Å². The Morgan fingerprint density at radius 3 is 2.94 bits per heavy atom. The third kappa shape index (κ3) is 3.93. The molecule has 0 heterocycles. The zero-order valence-electron chi connectivity index (χ0n) is 9.92. The zero-order valence-corrected chi connectivity index (χ0v) is 10.7. The number of hydrogen-bond donors (Lipinski definition) is 2. The molecule has 0 radical (unpaired) electrons. The van der Waals surface area contributed by atoms with Gasteiger partial charge in [0.05, 0.1) is 10.7 Å². The Labute approximate surface area is 107 Å². The molecule has 1 saturated carbocycles. The third-order valence-electron chi connectivity index (χ3n) is 2.73. The van der Waals surface area contributed by atoms with Gasteiger partial charge in [-0.1, -0.05) is 17.7 Å². The molecule has 1 aromatic rings. The largest absolute Gasteiger partial charge is 0.383 e. The van der Waals surface area contributed by atoms with Gasteiger partial charge in [-0.15, -0.1) is 0 Å². The summed E-state index contributed by atoms with van der Waals surface area (Å²) >= 11 is 6.04. The van der Waals surface area contributed by atoms with Gasteiger partial charge in [-0.2, -0.15) is 0 Å². The van der Waals surface area contributed by atoms with Gasteiger partial charge in [0.1, 0.15) is 0 Å². The average Bonchev–Trinajstić information content (AvgIpc) is 3.07. The van der Waals surface area contributed by atoms with Crippen molar-refractivity contribution in [1.29, 1.82) is 0 Å². The lowest BCUT2D eigenvalue weighted by Gasteiger charge is -2.09. The molecule has 2 rings (SSSR count). The number of rotatable bonds is 5. The SMILES string of the molecule is Cc1ccc(Cl)c(NCCC(=O)NC2CC2)c1. The van der Waals surface area contributed by atoms with E-state index in [0.29, 0.717) is 24.0 Å². The van der Waals surface area contributed by atoms with Crippen molar-refractivity contribution in [3.05, 3.63) is 28.8 Å². The second kappa shape index (κ2) is 5.41. The Morgan fingerprint density at radius 2 is 2.24 bits per heavy atom. The number of halogens is 1. The highest BCUT2D eigenvalue weighted by molar-refractivity contribution is 6.33. The third-order valence-corrected chi connectivity index (χ3v) is 3.06. The highest BCUT2D eigenvalue weighted by Crippen LogP contribution is 2.22. The first-order valence-corrected chi connectivity index (χ1v) is 6.32. The first kappa shape index (κ1) is 12.2. The summed E-state index contributed by atoms with van der Waals surface area (Å²) in [4.78, 5) is 11.5. The zero-order chi connectivity index (χ0) is 12.3. The Hall–Kier alpha value is -1.22. The van der Waals surface area contributed by atoms with Crippen molar-refractivity contribution >= 4 is 23.2 Å². The molecule has 0 unspecified atom stereocenters. The van der Waals surface area contributed by atoms with E-state index in [1.54, 1.807) is 0 Å². The van der Waals surface area contributed by atoms with Gasteiger partial charge in [0, 0.05) is 19.0 Å². The normalized spacial score (nSPS) is 14.5. The Balaban J connectivity index is 1.76. The molecule has 1 amide bonds. The molecular formula is C13H17ClN2O. The predicted molar refractivity (Wildman–Crippen MR) is 70.5 cm³/mol. The van der Waals surface area contributed by atoms with Crippen LogP contribution in [0, 0.1) is 6.92 Å². The first-order chi connectivity index (χ1) is 8.15. The number of aryl methyl sites for hydroxylation is 1. The summed E-state index contributed by atoms with van der Waals surface area (Å²) in [6.45, 7) is 2.63. The summed E-state index contributed by atoms with van der Waals surface area (Å²) in [5.74, 6) is 0.115. The second-order valence-electron chi connectivity index (χ2n) is 4.50. The van der Waals surface area contributed by atoms with E-state index in [1.165, 1.54) is 0 Å². The van der Waals surface area contributed by atoms with Crippen molar-refractivity contribution < 1.29 is 4.79 Å². The molecule has 0 atom stereocenters. The molecule has 0 aliphatic heterocycles. The van der Waals surface area contributed by atoms with Crippen molar-refractivity contribution in [2.45, 2.75) is 32.2 Å². The fourth-order valence-electron chi connectivity index (χ4n) is 1.61. The molecule has 3 nitrogen and oxygen atoms in total. The fourth-order valence-corrected chi connectivity index (χ4v) is 1.80. The van der Waals surface area contributed by atoms with Gasteiger partial charge in [-0.05, 0) is 37.5 Å². The van der Waals surface area contributed by atoms with Gasteiger partial charge in [0.2, 0.25) is 5.91 Å². The highest BCUT2D eigenvalue weighted by atomic mass is 35.5. The summed E-state index contributed by atoms with van der Waals surface area (Å²) in [5.41, 5.74) is 2.05. The summed E-state index contributed by atoms with van der Waals surface area (Å²) in [5, 5.41) is 6.83. The van der Waals surface area contributed by atoms with Gasteiger partial charge in [-0.25, -0.2) is 0 Å². The number of carbonyl (C=O) groups is 1. The first-order valence-electron chi connectivity index (χ1n) is 5.94. The van der Waals surface area contributed by atoms with Gasteiger partial charge >= 0.3 is 0 Å². The van der Waals surface area contributed by atoms with Crippen LogP contribution in [0.5, 0.6) is 0 Å². The molecule has 17 heavy (non-hydrogen) atoms. The van der Waals surface area contributed by atoms with Crippen LogP contribution in [0.2, 0.25) is 5.02 Å². The van der Waals surface area contributed by atoms with Gasteiger partial charge in [0.25, 0.3) is 0 Å². The fraction of sp³-hybridized carbons (Fsp3) is 0.462. The van der Waals surface area contributed by atoms with Gasteiger partial charge in [-0.3, -0.25) is 4.79 Å². The van der Waals surface area contributed by atoms with E-state index in [-0.39, 0.29) is 5.91 Å². The van der Waals surface area contributed by atoms with Crippen LogP contribution in [0.3, 0.4) is 0 Å². The molecule has 0 saturated heterocycles. The molecule has 0 aromatic heterocycles. The van der Waals surface area contributed by atoms with E-state index in [1.807, 2.05) is 25.1 Å². The van der Waals surface area contributed by atoms with E-state index < -0.39 is 0 Å². The number of hydrogen-bond acceptors (Lipinski definition) is 2. The van der Waals surface area contributed by atoms with Crippen LogP contribution in [0.4, 0.5) is 5.69 Å². The lowest BCUT2D eigenvalue weighted by molar-refractivity contribution is -0.120. The molecule has 4 heteroatoms. The smallest absolute Gasteiger partial charge is 0.221 e. The number of nitrogens with one attached hydrogen (secondary N) is 2. The number of amides is 1. The van der Waals surface area contributed by atoms with E-state index >= 15 is 0 Å². The molecule has 0 spiro atoms. The van der Waals surface area contributed by atoms with E-state index in [9.17, 15) is 4.79 Å². The van der Waals surface area contributed by atoms with Crippen molar-refractivity contribution in [2.24, 2.45) is 0 Å². The molecule has 2 N–H and O–H groups in total. The van der Waals surface area contributed by atoms with E-state index in [4.69, 9.17) is 11.6 Å². The maximum atomic E-state index is 11.5. The Morgan fingerprint density at radius 1 is 1.47 bits per heavy atom. The molecule has 1 fully saturated rings. The van der Waals surface area contributed by atoms with Crippen LogP contribution in [-0.2, 0) is 4.79 Å². The lowest BCUT2D eigenvalue weighted by atomic mass is 10.2. The number of benzene rings is 1. The van der Waals surface area contributed by atoms with Crippen molar-refractivity contribution in [2.75, 3.05) is 11.9 Å². The Bertz CT molecular complexity index is 416. The van der Waals surface area contributed by atoms with E-state index in [2.05, 4.69) is 10.6 Å². The Kier molecular flexibility index (Phi) is 3.89.